The number of hydrogen-bond donors (Lipinski definition) is 2. The number of aliphatic hydroxyl groups excluding tert-OH is 1. The molecule has 0 aromatic heterocycles. The molecule has 3 fully saturated rings. The van der Waals surface area contributed by atoms with Crippen LogP contribution in [-0.4, -0.2) is 34.7 Å². The zero-order chi connectivity index (χ0) is 10.1. The van der Waals surface area contributed by atoms with Crippen LogP contribution in [0.1, 0.15) is 13.3 Å². The summed E-state index contributed by atoms with van der Waals surface area (Å²) >= 11 is 0. The molecule has 5 nitrogen and oxygen atoms in total. The van der Waals surface area contributed by atoms with Crippen LogP contribution >= 0.6 is 0 Å². The summed E-state index contributed by atoms with van der Waals surface area (Å²) in [6, 6.07) is 0. The molecule has 5 unspecified atom stereocenters. The van der Waals surface area contributed by atoms with Crippen LogP contribution in [0.2, 0.25) is 0 Å². The summed E-state index contributed by atoms with van der Waals surface area (Å²) in [5.74, 6) is -1.43. The van der Waals surface area contributed by atoms with Crippen molar-refractivity contribution in [3.05, 3.63) is 0 Å². The van der Waals surface area contributed by atoms with Gasteiger partial charge in [0.2, 0.25) is 11.8 Å². The van der Waals surface area contributed by atoms with E-state index >= 15 is 0 Å². The normalized spacial score (nSPS) is 55.0. The van der Waals surface area contributed by atoms with E-state index in [1.165, 1.54) is 0 Å². The fraction of sp³-hybridized carbons (Fsp3) is 0.778. The van der Waals surface area contributed by atoms with Crippen molar-refractivity contribution in [3.63, 3.8) is 0 Å². The van der Waals surface area contributed by atoms with Gasteiger partial charge in [0.15, 0.2) is 0 Å². The van der Waals surface area contributed by atoms with Crippen LogP contribution in [0.5, 0.6) is 0 Å². The number of aliphatic hydroxyl groups is 1. The largest absolute Gasteiger partial charge is 0.390 e. The van der Waals surface area contributed by atoms with Crippen LogP contribution in [0, 0.1) is 11.8 Å². The number of rotatable bonds is 0. The molecule has 76 valence electrons. The summed E-state index contributed by atoms with van der Waals surface area (Å²) < 4.78 is 5.55. The average molecular weight is 197 g/mol. The molecule has 3 heterocycles. The highest BCUT2D eigenvalue weighted by Gasteiger charge is 2.69. The van der Waals surface area contributed by atoms with Crippen molar-refractivity contribution in [2.45, 2.75) is 31.2 Å². The monoisotopic (exact) mass is 197 g/mol. The molecule has 0 aliphatic carbocycles. The number of imide groups is 1. The summed E-state index contributed by atoms with van der Waals surface area (Å²) in [4.78, 5) is 22.9. The highest BCUT2D eigenvalue weighted by atomic mass is 16.5. The summed E-state index contributed by atoms with van der Waals surface area (Å²) in [7, 11) is 0. The van der Waals surface area contributed by atoms with Crippen LogP contribution in [-0.2, 0) is 14.3 Å². The minimum atomic E-state index is -0.856. The van der Waals surface area contributed by atoms with Crippen LogP contribution < -0.4 is 5.32 Å². The van der Waals surface area contributed by atoms with Crippen molar-refractivity contribution >= 4 is 11.8 Å². The third kappa shape index (κ3) is 0.697. The number of carbonyl (C=O) groups is 2. The zero-order valence-electron chi connectivity index (χ0n) is 7.69. The summed E-state index contributed by atoms with van der Waals surface area (Å²) in [6.45, 7) is 1.71. The van der Waals surface area contributed by atoms with Gasteiger partial charge in [0.25, 0.3) is 0 Å². The van der Waals surface area contributed by atoms with Crippen LogP contribution in [0.3, 0.4) is 0 Å². The number of ether oxygens (including phenoxy) is 1. The molecule has 3 aliphatic heterocycles. The fourth-order valence-electron chi connectivity index (χ4n) is 3.00. The molecule has 0 saturated carbocycles. The van der Waals surface area contributed by atoms with Gasteiger partial charge in [-0.05, 0) is 6.92 Å². The molecule has 3 rings (SSSR count). The Balaban J connectivity index is 2.08. The molecule has 2 amide bonds. The topological polar surface area (TPSA) is 75.6 Å². The highest BCUT2D eigenvalue weighted by molar-refractivity contribution is 6.06. The third-order valence-electron chi connectivity index (χ3n) is 3.73. The van der Waals surface area contributed by atoms with Gasteiger partial charge in [0.05, 0.1) is 24.0 Å². The summed E-state index contributed by atoms with van der Waals surface area (Å²) in [5, 5.41) is 12.0. The number of nitrogens with one attached hydrogen (secondary N) is 1. The number of fused-ring (bicyclic) bond motifs is 5. The lowest BCUT2D eigenvalue weighted by molar-refractivity contribution is -0.133. The molecule has 0 aromatic rings. The van der Waals surface area contributed by atoms with Crippen molar-refractivity contribution in [2.24, 2.45) is 11.8 Å². The maximum absolute atomic E-state index is 11.5. The molecule has 3 saturated heterocycles. The lowest BCUT2D eigenvalue weighted by atomic mass is 9.72. The first-order chi connectivity index (χ1) is 6.54. The van der Waals surface area contributed by atoms with E-state index in [2.05, 4.69) is 5.32 Å². The van der Waals surface area contributed by atoms with E-state index < -0.39 is 17.6 Å². The molecule has 0 spiro atoms. The first-order valence-corrected chi connectivity index (χ1v) is 4.74. The van der Waals surface area contributed by atoms with E-state index in [9.17, 15) is 14.7 Å². The van der Waals surface area contributed by atoms with E-state index in [1.807, 2.05) is 0 Å². The molecule has 2 N–H and O–H groups in total. The van der Waals surface area contributed by atoms with E-state index in [4.69, 9.17) is 4.74 Å². The zero-order valence-corrected chi connectivity index (χ0v) is 7.69. The lowest BCUT2D eigenvalue weighted by Gasteiger charge is -2.30. The van der Waals surface area contributed by atoms with Gasteiger partial charge in [-0.15, -0.1) is 0 Å². The first-order valence-electron chi connectivity index (χ1n) is 4.74. The van der Waals surface area contributed by atoms with E-state index in [-0.39, 0.29) is 23.8 Å². The number of amides is 2. The Morgan fingerprint density at radius 2 is 2.21 bits per heavy atom. The fourth-order valence-corrected chi connectivity index (χ4v) is 3.00. The van der Waals surface area contributed by atoms with Crippen LogP contribution in [0.15, 0.2) is 0 Å². The van der Waals surface area contributed by atoms with Gasteiger partial charge in [0.1, 0.15) is 5.60 Å². The van der Waals surface area contributed by atoms with Gasteiger partial charge in [-0.1, -0.05) is 0 Å². The van der Waals surface area contributed by atoms with Crippen molar-refractivity contribution in [1.82, 2.24) is 5.32 Å². The molecule has 5 heteroatoms. The second-order valence-corrected chi connectivity index (χ2v) is 4.45. The highest BCUT2D eigenvalue weighted by Crippen LogP contribution is 2.53. The molecule has 0 radical (unpaired) electrons. The standard InChI is InChI=1S/C9H11NO4/c1-9-4(11)2-3(14-9)5-6(9)8(13)10-7(5)12/h3-6,11H,2H2,1H3,(H,10,12,13). The molecule has 5 atom stereocenters. The van der Waals surface area contributed by atoms with Crippen LogP contribution in [0.25, 0.3) is 0 Å². The average Bonchev–Trinajstić information content (AvgIpc) is 2.62. The van der Waals surface area contributed by atoms with Gasteiger partial charge in [-0.25, -0.2) is 0 Å². The van der Waals surface area contributed by atoms with E-state index in [0.717, 1.165) is 0 Å². The summed E-state index contributed by atoms with van der Waals surface area (Å²) in [6.07, 6.45) is -0.463. The Morgan fingerprint density at radius 3 is 2.93 bits per heavy atom. The van der Waals surface area contributed by atoms with Crippen molar-refractivity contribution in [3.8, 4) is 0 Å². The molecule has 3 aliphatic rings. The molecule has 14 heavy (non-hydrogen) atoms. The number of hydrogen-bond acceptors (Lipinski definition) is 4. The van der Waals surface area contributed by atoms with Gasteiger partial charge in [-0.3, -0.25) is 14.9 Å². The minimum absolute atomic E-state index is 0.249. The molecule has 2 bridgehead atoms. The number of carbonyl (C=O) groups excluding carboxylic acids is 2. The Kier molecular flexibility index (Phi) is 1.30. The Hall–Kier alpha value is -0.940. The van der Waals surface area contributed by atoms with Gasteiger partial charge in [0, 0.05) is 6.42 Å². The molecular formula is C9H11NO4. The Morgan fingerprint density at radius 1 is 1.50 bits per heavy atom. The summed E-state index contributed by atoms with van der Waals surface area (Å²) in [5.41, 5.74) is -0.856. The molecule has 0 aromatic carbocycles. The maximum Gasteiger partial charge on any atom is 0.233 e. The van der Waals surface area contributed by atoms with Crippen molar-refractivity contribution in [1.29, 1.82) is 0 Å². The predicted molar refractivity (Wildman–Crippen MR) is 44.0 cm³/mol. The SMILES string of the molecule is CC12OC(CC1O)C1C(=O)NC(=O)C12. The Bertz CT molecular complexity index is 342. The van der Waals surface area contributed by atoms with Crippen molar-refractivity contribution in [2.75, 3.05) is 0 Å². The minimum Gasteiger partial charge on any atom is -0.390 e. The second kappa shape index (κ2) is 2.17. The van der Waals surface area contributed by atoms with Gasteiger partial charge in [-0.2, -0.15) is 0 Å². The Labute approximate surface area is 80.4 Å². The van der Waals surface area contributed by atoms with E-state index in [1.54, 1.807) is 6.92 Å². The molecular weight excluding hydrogens is 186 g/mol. The van der Waals surface area contributed by atoms with E-state index in [0.29, 0.717) is 6.42 Å². The van der Waals surface area contributed by atoms with Crippen LogP contribution in [0.4, 0.5) is 0 Å². The smallest absolute Gasteiger partial charge is 0.233 e. The second-order valence-electron chi connectivity index (χ2n) is 4.45. The van der Waals surface area contributed by atoms with Crippen molar-refractivity contribution < 1.29 is 19.4 Å². The first kappa shape index (κ1) is 8.38. The maximum atomic E-state index is 11.5. The lowest BCUT2D eigenvalue weighted by Crippen LogP contribution is -2.47. The van der Waals surface area contributed by atoms with Gasteiger partial charge < -0.3 is 9.84 Å². The predicted octanol–water partition coefficient (Wildman–Crippen LogP) is -1.20. The third-order valence-corrected chi connectivity index (χ3v) is 3.73. The quantitative estimate of drug-likeness (QED) is 0.478. The van der Waals surface area contributed by atoms with Gasteiger partial charge >= 0.3 is 0 Å².